The van der Waals surface area contributed by atoms with Gasteiger partial charge in [0.1, 0.15) is 17.6 Å². The number of nitrogens with one attached hydrogen (secondary N) is 1. The van der Waals surface area contributed by atoms with E-state index in [4.69, 9.17) is 9.47 Å². The first kappa shape index (κ1) is 27.7. The quantitative estimate of drug-likeness (QED) is 0.352. The molecule has 190 valence electrons. The summed E-state index contributed by atoms with van der Waals surface area (Å²) in [6, 6.07) is 4.93. The van der Waals surface area contributed by atoms with Crippen LogP contribution in [-0.4, -0.2) is 47.2 Å². The van der Waals surface area contributed by atoms with Crippen LogP contribution in [0.1, 0.15) is 59.9 Å². The molecule has 0 spiro atoms. The third-order valence-corrected chi connectivity index (χ3v) is 5.61. The van der Waals surface area contributed by atoms with E-state index >= 15 is 0 Å². The maximum Gasteiger partial charge on any atom is 0.329 e. The molecule has 35 heavy (non-hydrogen) atoms. The number of nitro benzene ring substituents is 1. The molecule has 1 aliphatic heterocycles. The Balaban J connectivity index is 2.65. The zero-order valence-corrected chi connectivity index (χ0v) is 21.4. The van der Waals surface area contributed by atoms with Crippen molar-refractivity contribution in [1.29, 1.82) is 0 Å². The molecule has 0 bridgehead atoms. The van der Waals surface area contributed by atoms with E-state index < -0.39 is 46.2 Å². The van der Waals surface area contributed by atoms with Gasteiger partial charge in [-0.25, -0.2) is 4.79 Å². The second-order valence-corrected chi connectivity index (χ2v) is 9.78. The van der Waals surface area contributed by atoms with Crippen LogP contribution in [0.4, 0.5) is 5.69 Å². The van der Waals surface area contributed by atoms with Crippen LogP contribution in [-0.2, 0) is 23.9 Å². The summed E-state index contributed by atoms with van der Waals surface area (Å²) in [5.41, 5.74) is -0.137. The van der Waals surface area contributed by atoms with Crippen LogP contribution >= 0.6 is 0 Å². The minimum Gasteiger partial charge on any atom is -0.468 e. The average Bonchev–Trinajstić information content (AvgIpc) is 2.74. The molecule has 3 atom stereocenters. The summed E-state index contributed by atoms with van der Waals surface area (Å²) in [6.07, 6.45) is 0. The number of benzene rings is 1. The number of hydrogen-bond acceptors (Lipinski definition) is 8. The Morgan fingerprint density at radius 3 is 2.26 bits per heavy atom. The highest BCUT2D eigenvalue weighted by Gasteiger charge is 2.45. The number of amides is 1. The molecule has 1 aromatic rings. The first-order valence-electron chi connectivity index (χ1n) is 11.3. The number of para-hydroxylation sites is 1. The molecule has 0 saturated heterocycles. The number of carbonyl (C=O) groups is 3. The van der Waals surface area contributed by atoms with Gasteiger partial charge in [-0.3, -0.25) is 24.7 Å². The van der Waals surface area contributed by atoms with Crippen LogP contribution < -0.4 is 5.32 Å². The van der Waals surface area contributed by atoms with Crippen LogP contribution in [0.25, 0.3) is 0 Å². The van der Waals surface area contributed by atoms with Crippen molar-refractivity contribution in [2.45, 2.75) is 66.0 Å². The second kappa shape index (κ2) is 10.8. The maximum absolute atomic E-state index is 13.7. The van der Waals surface area contributed by atoms with Gasteiger partial charge in [-0.1, -0.05) is 32.0 Å². The highest BCUT2D eigenvalue weighted by Crippen LogP contribution is 2.42. The van der Waals surface area contributed by atoms with Crippen molar-refractivity contribution in [3.05, 3.63) is 51.2 Å². The van der Waals surface area contributed by atoms with E-state index in [2.05, 4.69) is 10.3 Å². The van der Waals surface area contributed by atoms with Gasteiger partial charge >= 0.3 is 11.9 Å². The molecule has 2 unspecified atom stereocenters. The number of nitrogens with zero attached hydrogens (tertiary/aromatic N) is 2. The largest absolute Gasteiger partial charge is 0.468 e. The second-order valence-electron chi connectivity index (χ2n) is 9.78. The number of carbonyl (C=O) groups excluding carboxylic acids is 3. The number of aliphatic imine (C=N–C) groups is 1. The van der Waals surface area contributed by atoms with Gasteiger partial charge in [0.2, 0.25) is 5.91 Å². The summed E-state index contributed by atoms with van der Waals surface area (Å²) in [7, 11) is 1.20. The smallest absolute Gasteiger partial charge is 0.329 e. The van der Waals surface area contributed by atoms with Gasteiger partial charge in [-0.05, 0) is 40.5 Å². The van der Waals surface area contributed by atoms with E-state index in [9.17, 15) is 24.5 Å². The zero-order chi connectivity index (χ0) is 26.7. The molecule has 1 N–H and O–H groups in total. The summed E-state index contributed by atoms with van der Waals surface area (Å²) >= 11 is 0. The Hall–Kier alpha value is -3.56. The fraction of sp³-hybridized carbons (Fsp3) is 0.520. The first-order valence-corrected chi connectivity index (χ1v) is 11.3. The number of hydrogen-bond donors (Lipinski definition) is 1. The Morgan fingerprint density at radius 2 is 1.74 bits per heavy atom. The Labute approximate surface area is 204 Å². The molecule has 10 nitrogen and oxygen atoms in total. The van der Waals surface area contributed by atoms with Crippen molar-refractivity contribution in [3.8, 4) is 0 Å². The van der Waals surface area contributed by atoms with E-state index in [-0.39, 0.29) is 28.4 Å². The molecule has 10 heteroatoms. The first-order chi connectivity index (χ1) is 16.2. The van der Waals surface area contributed by atoms with Gasteiger partial charge in [0, 0.05) is 34.5 Å². The van der Waals surface area contributed by atoms with Crippen LogP contribution in [0.2, 0.25) is 0 Å². The zero-order valence-electron chi connectivity index (χ0n) is 21.4. The van der Waals surface area contributed by atoms with Crippen LogP contribution in [0, 0.1) is 22.0 Å². The van der Waals surface area contributed by atoms with Gasteiger partial charge in [-0.15, -0.1) is 0 Å². The minimum atomic E-state index is -1.07. The summed E-state index contributed by atoms with van der Waals surface area (Å²) in [5, 5.41) is 14.5. The Bertz CT molecular complexity index is 1080. The van der Waals surface area contributed by atoms with Crippen molar-refractivity contribution in [2.75, 3.05) is 7.11 Å². The number of methoxy groups -OCH3 is 1. The van der Waals surface area contributed by atoms with Crippen molar-refractivity contribution < 1.29 is 28.8 Å². The lowest BCUT2D eigenvalue weighted by Crippen LogP contribution is -2.49. The van der Waals surface area contributed by atoms with Gasteiger partial charge in [-0.2, -0.15) is 0 Å². The Morgan fingerprint density at radius 1 is 1.14 bits per heavy atom. The Kier molecular flexibility index (Phi) is 8.54. The van der Waals surface area contributed by atoms with E-state index in [1.54, 1.807) is 54.5 Å². The topological polar surface area (TPSA) is 137 Å². The van der Waals surface area contributed by atoms with Crippen molar-refractivity contribution in [3.63, 3.8) is 0 Å². The van der Waals surface area contributed by atoms with E-state index in [0.29, 0.717) is 5.71 Å². The number of ether oxygens (including phenoxy) is 2. The number of esters is 2. The molecule has 0 saturated carbocycles. The highest BCUT2D eigenvalue weighted by atomic mass is 16.6. The lowest BCUT2D eigenvalue weighted by molar-refractivity contribution is -0.385. The fourth-order valence-corrected chi connectivity index (χ4v) is 4.10. The molecule has 1 aliphatic rings. The summed E-state index contributed by atoms with van der Waals surface area (Å²) in [5.74, 6) is -4.39. The molecule has 0 radical (unpaired) electrons. The molecular weight excluding hydrogens is 454 g/mol. The predicted molar refractivity (Wildman–Crippen MR) is 130 cm³/mol. The van der Waals surface area contributed by atoms with Crippen LogP contribution in [0.15, 0.2) is 40.5 Å². The summed E-state index contributed by atoms with van der Waals surface area (Å²) < 4.78 is 10.4. The molecule has 2 rings (SSSR count). The van der Waals surface area contributed by atoms with E-state index in [1.165, 1.54) is 25.3 Å². The van der Waals surface area contributed by atoms with Crippen molar-refractivity contribution >= 4 is 29.2 Å². The fourth-order valence-electron chi connectivity index (χ4n) is 4.10. The summed E-state index contributed by atoms with van der Waals surface area (Å²) in [6.45, 7) is 11.9. The SMILES string of the molecule is COC(=O)C1C(C)=NC(C)=C(C(=O)N[C@H](C(=O)OC(C)(C)C)C(C)C)C1c1ccccc1[N+](=O)[O-]. The maximum atomic E-state index is 13.7. The van der Waals surface area contributed by atoms with E-state index in [1.807, 2.05) is 0 Å². The lowest BCUT2D eigenvalue weighted by Gasteiger charge is -2.33. The summed E-state index contributed by atoms with van der Waals surface area (Å²) in [4.78, 5) is 54.9. The van der Waals surface area contributed by atoms with Gasteiger partial charge in [0.15, 0.2) is 0 Å². The highest BCUT2D eigenvalue weighted by molar-refractivity contribution is 6.08. The van der Waals surface area contributed by atoms with E-state index in [0.717, 1.165) is 0 Å². The van der Waals surface area contributed by atoms with Gasteiger partial charge < -0.3 is 14.8 Å². The van der Waals surface area contributed by atoms with Crippen LogP contribution in [0.3, 0.4) is 0 Å². The number of nitro groups is 1. The molecule has 1 heterocycles. The molecule has 1 aromatic carbocycles. The van der Waals surface area contributed by atoms with Crippen molar-refractivity contribution in [2.24, 2.45) is 16.8 Å². The molecular formula is C25H33N3O7. The molecule has 1 amide bonds. The molecule has 0 aliphatic carbocycles. The lowest BCUT2D eigenvalue weighted by atomic mass is 9.74. The minimum absolute atomic E-state index is 0.0505. The standard InChI is InChI=1S/C25H33N3O7/c1-13(2)21(24(31)35-25(5,6)7)27-22(29)18-14(3)26-15(4)19(23(30)34-8)20(18)16-11-9-10-12-17(16)28(32)33/h9-13,19-21H,1-8H3,(H,27,29)/t19?,20?,21-/m0/s1. The predicted octanol–water partition coefficient (Wildman–Crippen LogP) is 3.70. The van der Waals surface area contributed by atoms with Crippen LogP contribution in [0.5, 0.6) is 0 Å². The third kappa shape index (κ3) is 6.32. The molecule has 0 fully saturated rings. The normalized spacial score (nSPS) is 19.1. The number of allylic oxidation sites excluding steroid dienone is 1. The van der Waals surface area contributed by atoms with Gasteiger partial charge in [0.05, 0.1) is 12.0 Å². The third-order valence-electron chi connectivity index (χ3n) is 5.61. The average molecular weight is 488 g/mol. The van der Waals surface area contributed by atoms with Gasteiger partial charge in [0.25, 0.3) is 5.69 Å². The monoisotopic (exact) mass is 487 g/mol. The molecule has 0 aromatic heterocycles. The van der Waals surface area contributed by atoms with Crippen molar-refractivity contribution in [1.82, 2.24) is 5.32 Å². The number of rotatable bonds is 7.